The Morgan fingerprint density at radius 1 is 1.26 bits per heavy atom. The molecule has 1 aliphatic heterocycles. The van der Waals surface area contributed by atoms with Gasteiger partial charge >= 0.3 is 0 Å². The SMILES string of the molecule is CC[C@H]1O[C@@H](n2cnc3c(NC(=O)c4ccccc4)ncnc32)[C@@H](F)C1=O. The summed E-state index contributed by atoms with van der Waals surface area (Å²) in [5.74, 6) is -0.748. The van der Waals surface area contributed by atoms with Gasteiger partial charge in [-0.3, -0.25) is 14.2 Å². The van der Waals surface area contributed by atoms with Crippen molar-refractivity contribution in [3.05, 3.63) is 48.5 Å². The number of hydrogen-bond acceptors (Lipinski definition) is 6. The minimum absolute atomic E-state index is 0.194. The van der Waals surface area contributed by atoms with Gasteiger partial charge in [0.2, 0.25) is 6.17 Å². The van der Waals surface area contributed by atoms with Crippen molar-refractivity contribution in [1.29, 1.82) is 0 Å². The van der Waals surface area contributed by atoms with E-state index in [0.717, 1.165) is 0 Å². The van der Waals surface area contributed by atoms with E-state index in [1.165, 1.54) is 17.2 Å². The number of imidazole rings is 1. The lowest BCUT2D eigenvalue weighted by atomic mass is 10.1. The van der Waals surface area contributed by atoms with Crippen LogP contribution in [-0.2, 0) is 9.53 Å². The molecule has 8 nitrogen and oxygen atoms in total. The smallest absolute Gasteiger partial charge is 0.256 e. The van der Waals surface area contributed by atoms with Crippen LogP contribution in [0.2, 0.25) is 0 Å². The molecule has 3 aromatic rings. The zero-order chi connectivity index (χ0) is 19.0. The van der Waals surface area contributed by atoms with Gasteiger partial charge in [-0.1, -0.05) is 25.1 Å². The summed E-state index contributed by atoms with van der Waals surface area (Å²) in [4.78, 5) is 36.6. The van der Waals surface area contributed by atoms with E-state index in [0.29, 0.717) is 12.0 Å². The number of aromatic nitrogens is 4. The maximum atomic E-state index is 14.4. The van der Waals surface area contributed by atoms with Gasteiger partial charge in [-0.05, 0) is 18.6 Å². The van der Waals surface area contributed by atoms with Gasteiger partial charge in [-0.15, -0.1) is 0 Å². The van der Waals surface area contributed by atoms with Crippen LogP contribution in [0.1, 0.15) is 29.9 Å². The van der Waals surface area contributed by atoms with Crippen molar-refractivity contribution in [3.8, 4) is 0 Å². The third kappa shape index (κ3) is 2.95. The maximum Gasteiger partial charge on any atom is 0.256 e. The van der Waals surface area contributed by atoms with Crippen LogP contribution in [0.25, 0.3) is 11.2 Å². The van der Waals surface area contributed by atoms with Gasteiger partial charge in [0, 0.05) is 5.56 Å². The molecular formula is C18H16FN5O3. The Labute approximate surface area is 153 Å². The number of anilines is 1. The van der Waals surface area contributed by atoms with E-state index < -0.39 is 24.3 Å². The van der Waals surface area contributed by atoms with Crippen LogP contribution in [0.5, 0.6) is 0 Å². The van der Waals surface area contributed by atoms with Gasteiger partial charge in [0.15, 0.2) is 29.0 Å². The highest BCUT2D eigenvalue weighted by Crippen LogP contribution is 2.32. The summed E-state index contributed by atoms with van der Waals surface area (Å²) in [6, 6.07) is 8.64. The Balaban J connectivity index is 1.66. The van der Waals surface area contributed by atoms with Gasteiger partial charge in [-0.2, -0.15) is 0 Å². The summed E-state index contributed by atoms with van der Waals surface area (Å²) < 4.78 is 21.3. The molecule has 3 atom stereocenters. The highest BCUT2D eigenvalue weighted by atomic mass is 19.1. The lowest BCUT2D eigenvalue weighted by Crippen LogP contribution is -2.22. The van der Waals surface area contributed by atoms with Gasteiger partial charge in [0.05, 0.1) is 6.33 Å². The molecule has 0 radical (unpaired) electrons. The molecule has 3 heterocycles. The van der Waals surface area contributed by atoms with E-state index >= 15 is 0 Å². The Morgan fingerprint density at radius 3 is 2.74 bits per heavy atom. The summed E-state index contributed by atoms with van der Waals surface area (Å²) in [5, 5.41) is 2.68. The van der Waals surface area contributed by atoms with E-state index in [2.05, 4.69) is 20.3 Å². The second kappa shape index (κ2) is 6.84. The second-order valence-electron chi connectivity index (χ2n) is 6.09. The largest absolute Gasteiger partial charge is 0.343 e. The number of Topliss-reactive ketones (excluding diaryl/α,β-unsaturated/α-hetero) is 1. The number of ketones is 1. The molecule has 0 spiro atoms. The van der Waals surface area contributed by atoms with E-state index in [1.807, 2.05) is 0 Å². The zero-order valence-corrected chi connectivity index (χ0v) is 14.4. The fourth-order valence-electron chi connectivity index (χ4n) is 3.03. The van der Waals surface area contributed by atoms with Crippen LogP contribution in [0, 0.1) is 0 Å². The molecule has 1 N–H and O–H groups in total. The molecule has 0 bridgehead atoms. The first kappa shape index (κ1) is 17.2. The highest BCUT2D eigenvalue weighted by Gasteiger charge is 2.44. The van der Waals surface area contributed by atoms with Gasteiger partial charge in [-0.25, -0.2) is 19.3 Å². The number of amides is 1. The van der Waals surface area contributed by atoms with Gasteiger partial charge < -0.3 is 10.1 Å². The van der Waals surface area contributed by atoms with E-state index in [4.69, 9.17) is 4.74 Å². The number of benzene rings is 1. The number of carbonyl (C=O) groups excluding carboxylic acids is 2. The number of carbonyl (C=O) groups is 2. The standard InChI is InChI=1S/C18H16FN5O3/c1-2-11-14(25)12(19)18(27-11)24-9-22-13-15(20-8-21-16(13)24)23-17(26)10-6-4-3-5-7-10/h3-9,11-12,18H,2H2,1H3,(H,20,21,23,26)/t11-,12+,18-/m1/s1. The average molecular weight is 369 g/mol. The van der Waals surface area contributed by atoms with E-state index in [-0.39, 0.29) is 22.9 Å². The second-order valence-corrected chi connectivity index (χ2v) is 6.09. The summed E-state index contributed by atoms with van der Waals surface area (Å²) in [5.41, 5.74) is 1.01. The lowest BCUT2D eigenvalue weighted by Gasteiger charge is -2.14. The molecule has 1 aliphatic rings. The molecule has 1 aromatic carbocycles. The quantitative estimate of drug-likeness (QED) is 0.758. The van der Waals surface area contributed by atoms with E-state index in [1.54, 1.807) is 37.3 Å². The first-order valence-electron chi connectivity index (χ1n) is 8.47. The molecule has 1 amide bonds. The monoisotopic (exact) mass is 369 g/mol. The fourth-order valence-corrected chi connectivity index (χ4v) is 3.03. The number of nitrogens with one attached hydrogen (secondary N) is 1. The Morgan fingerprint density at radius 2 is 2.04 bits per heavy atom. The predicted octanol–water partition coefficient (Wildman–Crippen LogP) is 2.29. The number of hydrogen-bond donors (Lipinski definition) is 1. The van der Waals surface area contributed by atoms with Crippen LogP contribution in [0.4, 0.5) is 10.2 Å². The average Bonchev–Trinajstić information content (AvgIpc) is 3.25. The molecule has 4 rings (SSSR count). The van der Waals surface area contributed by atoms with Crippen molar-refractivity contribution in [1.82, 2.24) is 19.5 Å². The third-order valence-electron chi connectivity index (χ3n) is 4.41. The third-order valence-corrected chi connectivity index (χ3v) is 4.41. The molecule has 138 valence electrons. The number of rotatable bonds is 4. The number of ether oxygens (including phenoxy) is 1. The number of alkyl halides is 1. The van der Waals surface area contributed by atoms with Crippen molar-refractivity contribution in [2.45, 2.75) is 31.8 Å². The first-order valence-corrected chi connectivity index (χ1v) is 8.47. The highest BCUT2D eigenvalue weighted by molar-refractivity contribution is 6.06. The number of halogens is 1. The fraction of sp³-hybridized carbons (Fsp3) is 0.278. The molecule has 1 fully saturated rings. The first-order chi connectivity index (χ1) is 13.1. The zero-order valence-electron chi connectivity index (χ0n) is 14.4. The van der Waals surface area contributed by atoms with Crippen molar-refractivity contribution < 1.29 is 18.7 Å². The van der Waals surface area contributed by atoms with Crippen LogP contribution < -0.4 is 5.32 Å². The van der Waals surface area contributed by atoms with E-state index in [9.17, 15) is 14.0 Å². The van der Waals surface area contributed by atoms with Gasteiger partial charge in [0.25, 0.3) is 5.91 Å². The van der Waals surface area contributed by atoms with Crippen LogP contribution in [0.15, 0.2) is 43.0 Å². The molecule has 9 heteroatoms. The lowest BCUT2D eigenvalue weighted by molar-refractivity contribution is -0.125. The summed E-state index contributed by atoms with van der Waals surface area (Å²) >= 11 is 0. The molecule has 0 aliphatic carbocycles. The normalized spacial score (nSPS) is 22.3. The number of fused-ring (bicyclic) bond motifs is 1. The summed E-state index contributed by atoms with van der Waals surface area (Å²) in [7, 11) is 0. The molecule has 0 saturated carbocycles. The summed E-state index contributed by atoms with van der Waals surface area (Å²) in [6.07, 6.45) is -0.774. The Hall–Kier alpha value is -3.20. The van der Waals surface area contributed by atoms with Gasteiger partial charge in [0.1, 0.15) is 12.4 Å². The Kier molecular flexibility index (Phi) is 4.36. The molecule has 1 saturated heterocycles. The minimum Gasteiger partial charge on any atom is -0.343 e. The maximum absolute atomic E-state index is 14.4. The molecule has 0 unspecified atom stereocenters. The number of nitrogens with zero attached hydrogens (tertiary/aromatic N) is 4. The topological polar surface area (TPSA) is 99.0 Å². The van der Waals surface area contributed by atoms with Crippen LogP contribution in [0.3, 0.4) is 0 Å². The van der Waals surface area contributed by atoms with Crippen molar-refractivity contribution in [3.63, 3.8) is 0 Å². The predicted molar refractivity (Wildman–Crippen MR) is 93.8 cm³/mol. The van der Waals surface area contributed by atoms with Crippen LogP contribution in [-0.4, -0.2) is 43.5 Å². The van der Waals surface area contributed by atoms with Crippen molar-refractivity contribution >= 4 is 28.7 Å². The van der Waals surface area contributed by atoms with Crippen molar-refractivity contribution in [2.75, 3.05) is 5.32 Å². The molecule has 27 heavy (non-hydrogen) atoms. The molecule has 2 aromatic heterocycles. The van der Waals surface area contributed by atoms with Crippen molar-refractivity contribution in [2.24, 2.45) is 0 Å². The Bertz CT molecular complexity index is 1010. The minimum atomic E-state index is -1.80. The van der Waals surface area contributed by atoms with Crippen LogP contribution >= 0.6 is 0 Å². The summed E-state index contributed by atoms with van der Waals surface area (Å²) in [6.45, 7) is 1.75. The molecular weight excluding hydrogens is 353 g/mol.